The fraction of sp³-hybridized carbons (Fsp3) is 0.375. The number of nitrogens with one attached hydrogen (secondary N) is 1. The van der Waals surface area contributed by atoms with Gasteiger partial charge in [0.15, 0.2) is 5.82 Å². The zero-order valence-corrected chi connectivity index (χ0v) is 16.0. The third-order valence-corrected chi connectivity index (χ3v) is 4.66. The molecular weight excluding hydrogens is 441 g/mol. The Kier molecular flexibility index (Phi) is 6.41. The topological polar surface area (TPSA) is 37.8 Å². The maximum Gasteiger partial charge on any atom is 0.161 e. The summed E-state index contributed by atoms with van der Waals surface area (Å²) in [6.07, 6.45) is 3.14. The number of halogens is 2. The van der Waals surface area contributed by atoms with Gasteiger partial charge in [-0.2, -0.15) is 0 Å². The number of hydrogen-bond acceptors (Lipinski definition) is 3. The van der Waals surface area contributed by atoms with Crippen molar-refractivity contribution in [1.82, 2.24) is 9.97 Å². The molecule has 1 heterocycles. The molecule has 0 spiro atoms. The monoisotopic (exact) mass is 459 g/mol. The molecule has 1 N–H and O–H groups in total. The Morgan fingerprint density at radius 2 is 2.00 bits per heavy atom. The molecule has 1 aromatic heterocycles. The van der Waals surface area contributed by atoms with Crippen LogP contribution in [0.25, 0.3) is 11.4 Å². The van der Waals surface area contributed by atoms with Crippen LogP contribution in [-0.4, -0.2) is 16.5 Å². The van der Waals surface area contributed by atoms with Crippen LogP contribution in [0.5, 0.6) is 0 Å². The average Bonchev–Trinajstić information content (AvgIpc) is 2.48. The van der Waals surface area contributed by atoms with Crippen molar-refractivity contribution in [1.29, 1.82) is 0 Å². The second-order valence-electron chi connectivity index (χ2n) is 4.84. The number of hydrogen-bond donors (Lipinski definition) is 1. The third kappa shape index (κ3) is 4.39. The highest BCUT2D eigenvalue weighted by Gasteiger charge is 2.12. The largest absolute Gasteiger partial charge is 0.369 e. The number of aryl methyl sites for hydroxylation is 1. The first-order valence-electron chi connectivity index (χ1n) is 7.22. The molecule has 0 saturated heterocycles. The summed E-state index contributed by atoms with van der Waals surface area (Å²) >= 11 is 5.86. The summed E-state index contributed by atoms with van der Waals surface area (Å²) < 4.78 is 2.18. The molecule has 0 fully saturated rings. The van der Waals surface area contributed by atoms with Crippen LogP contribution in [-0.2, 0) is 6.42 Å². The SMILES string of the molecule is CCCNc1nc(-c2cccc(Br)c2)nc(CCC)c1I. The van der Waals surface area contributed by atoms with Crippen LogP contribution in [0.3, 0.4) is 0 Å². The van der Waals surface area contributed by atoms with Crippen molar-refractivity contribution in [2.24, 2.45) is 0 Å². The Labute approximate surface area is 148 Å². The molecule has 0 aliphatic carbocycles. The normalized spacial score (nSPS) is 10.7. The fourth-order valence-corrected chi connectivity index (χ4v) is 3.11. The molecule has 5 heteroatoms. The standard InChI is InChI=1S/C16H19BrIN3/c1-3-6-13-14(18)16(19-9-4-2)21-15(20-13)11-7-5-8-12(17)10-11/h5,7-8,10H,3-4,6,9H2,1-2H3,(H,19,20,21). The minimum absolute atomic E-state index is 0.791. The fourth-order valence-electron chi connectivity index (χ4n) is 2.01. The smallest absolute Gasteiger partial charge is 0.161 e. The van der Waals surface area contributed by atoms with E-state index in [0.717, 1.165) is 56.7 Å². The van der Waals surface area contributed by atoms with Gasteiger partial charge in [0.05, 0.1) is 9.26 Å². The molecule has 21 heavy (non-hydrogen) atoms. The first kappa shape index (κ1) is 16.7. The minimum atomic E-state index is 0.791. The van der Waals surface area contributed by atoms with Gasteiger partial charge in [0.25, 0.3) is 0 Å². The lowest BCUT2D eigenvalue weighted by Crippen LogP contribution is -2.09. The lowest BCUT2D eigenvalue weighted by Gasteiger charge is -2.12. The minimum Gasteiger partial charge on any atom is -0.369 e. The predicted molar refractivity (Wildman–Crippen MR) is 101 cm³/mol. The highest BCUT2D eigenvalue weighted by atomic mass is 127. The first-order valence-corrected chi connectivity index (χ1v) is 9.09. The van der Waals surface area contributed by atoms with Crippen molar-refractivity contribution in [3.8, 4) is 11.4 Å². The molecule has 3 nitrogen and oxygen atoms in total. The van der Waals surface area contributed by atoms with Crippen molar-refractivity contribution < 1.29 is 0 Å². The zero-order valence-electron chi connectivity index (χ0n) is 12.3. The van der Waals surface area contributed by atoms with Crippen LogP contribution in [0.4, 0.5) is 5.82 Å². The summed E-state index contributed by atoms with van der Waals surface area (Å²) in [6.45, 7) is 5.26. The Morgan fingerprint density at radius 3 is 2.67 bits per heavy atom. The molecular formula is C16H19BrIN3. The van der Waals surface area contributed by atoms with E-state index in [1.54, 1.807) is 0 Å². The van der Waals surface area contributed by atoms with E-state index in [2.05, 4.69) is 63.8 Å². The predicted octanol–water partition coefficient (Wildman–Crippen LogP) is 5.29. The number of rotatable bonds is 6. The van der Waals surface area contributed by atoms with E-state index in [9.17, 15) is 0 Å². The van der Waals surface area contributed by atoms with Crippen LogP contribution in [0.15, 0.2) is 28.7 Å². The van der Waals surface area contributed by atoms with Gasteiger partial charge in [-0.25, -0.2) is 9.97 Å². The molecule has 0 amide bonds. The van der Waals surface area contributed by atoms with Gasteiger partial charge in [-0.15, -0.1) is 0 Å². The molecule has 1 aromatic carbocycles. The molecule has 0 atom stereocenters. The van der Waals surface area contributed by atoms with Gasteiger partial charge >= 0.3 is 0 Å². The summed E-state index contributed by atoms with van der Waals surface area (Å²) in [6, 6.07) is 8.13. The van der Waals surface area contributed by atoms with Crippen molar-refractivity contribution in [3.63, 3.8) is 0 Å². The summed E-state index contributed by atoms with van der Waals surface area (Å²) in [5, 5.41) is 3.42. The quantitative estimate of drug-likeness (QED) is 0.596. The molecule has 2 aromatic rings. The molecule has 0 bridgehead atoms. The first-order chi connectivity index (χ1) is 10.2. The van der Waals surface area contributed by atoms with Crippen LogP contribution < -0.4 is 5.32 Å². The maximum absolute atomic E-state index is 4.76. The van der Waals surface area contributed by atoms with Gasteiger partial charge in [0.1, 0.15) is 5.82 Å². The van der Waals surface area contributed by atoms with Crippen molar-refractivity contribution >= 4 is 44.3 Å². The van der Waals surface area contributed by atoms with Crippen molar-refractivity contribution in [3.05, 3.63) is 38.0 Å². The summed E-state index contributed by atoms with van der Waals surface area (Å²) in [5.41, 5.74) is 2.17. The van der Waals surface area contributed by atoms with E-state index in [-0.39, 0.29) is 0 Å². The summed E-state index contributed by atoms with van der Waals surface area (Å²) in [5.74, 6) is 1.74. The van der Waals surface area contributed by atoms with Gasteiger partial charge in [-0.3, -0.25) is 0 Å². The zero-order chi connectivity index (χ0) is 15.2. The van der Waals surface area contributed by atoms with E-state index < -0.39 is 0 Å². The molecule has 0 aliphatic heterocycles. The van der Waals surface area contributed by atoms with Crippen molar-refractivity contribution in [2.45, 2.75) is 33.1 Å². The Hall–Kier alpha value is -0.690. The van der Waals surface area contributed by atoms with Gasteiger partial charge < -0.3 is 5.32 Å². The highest BCUT2D eigenvalue weighted by Crippen LogP contribution is 2.26. The molecule has 0 radical (unpaired) electrons. The summed E-state index contributed by atoms with van der Waals surface area (Å²) in [4.78, 5) is 9.48. The van der Waals surface area contributed by atoms with E-state index in [1.165, 1.54) is 0 Å². The van der Waals surface area contributed by atoms with Gasteiger partial charge in [0.2, 0.25) is 0 Å². The second kappa shape index (κ2) is 8.08. The molecule has 0 aliphatic rings. The molecule has 0 saturated carbocycles. The second-order valence-corrected chi connectivity index (χ2v) is 6.84. The number of anilines is 1. The molecule has 112 valence electrons. The average molecular weight is 460 g/mol. The highest BCUT2D eigenvalue weighted by molar-refractivity contribution is 14.1. The summed E-state index contributed by atoms with van der Waals surface area (Å²) in [7, 11) is 0. The van der Waals surface area contributed by atoms with Gasteiger partial charge in [0, 0.05) is 16.6 Å². The number of nitrogens with zero attached hydrogens (tertiary/aromatic N) is 2. The maximum atomic E-state index is 4.76. The van der Waals surface area contributed by atoms with Crippen LogP contribution >= 0.6 is 38.5 Å². The Morgan fingerprint density at radius 1 is 1.19 bits per heavy atom. The van der Waals surface area contributed by atoms with E-state index in [4.69, 9.17) is 9.97 Å². The van der Waals surface area contributed by atoms with E-state index >= 15 is 0 Å². The van der Waals surface area contributed by atoms with Crippen LogP contribution in [0.1, 0.15) is 32.4 Å². The Bertz CT molecular complexity index is 616. The number of benzene rings is 1. The van der Waals surface area contributed by atoms with E-state index in [0.29, 0.717) is 0 Å². The van der Waals surface area contributed by atoms with Crippen LogP contribution in [0.2, 0.25) is 0 Å². The lowest BCUT2D eigenvalue weighted by atomic mass is 10.2. The van der Waals surface area contributed by atoms with Crippen LogP contribution in [0, 0.1) is 3.57 Å². The third-order valence-electron chi connectivity index (χ3n) is 3.03. The number of aromatic nitrogens is 2. The van der Waals surface area contributed by atoms with Gasteiger partial charge in [-0.1, -0.05) is 48.3 Å². The van der Waals surface area contributed by atoms with Gasteiger partial charge in [-0.05, 0) is 47.6 Å². The lowest BCUT2D eigenvalue weighted by molar-refractivity contribution is 0.864. The molecule has 2 rings (SSSR count). The van der Waals surface area contributed by atoms with Crippen molar-refractivity contribution in [2.75, 3.05) is 11.9 Å². The Balaban J connectivity index is 2.47. The molecule has 0 unspecified atom stereocenters. The van der Waals surface area contributed by atoms with E-state index in [1.807, 2.05) is 18.2 Å².